The van der Waals surface area contributed by atoms with Gasteiger partial charge in [-0.2, -0.15) is 0 Å². The van der Waals surface area contributed by atoms with Crippen molar-refractivity contribution in [1.29, 1.82) is 0 Å². The van der Waals surface area contributed by atoms with Gasteiger partial charge in [0.25, 0.3) is 0 Å². The van der Waals surface area contributed by atoms with Crippen LogP contribution < -0.4 is 5.73 Å². The highest BCUT2D eigenvalue weighted by molar-refractivity contribution is 7.99. The smallest absolute Gasteiger partial charge is 0.217 e. The van der Waals surface area contributed by atoms with Crippen molar-refractivity contribution in [1.82, 2.24) is 19.3 Å². The molecule has 1 atom stereocenters. The number of aromatic nitrogens is 4. The number of amides is 1. The molecule has 3 aromatic rings. The van der Waals surface area contributed by atoms with Gasteiger partial charge in [-0.15, -0.1) is 10.2 Å². The standard InChI is InChI=1S/C26H33N5O3S/c1-16-7-8-20(12-17(16)2)31-18(3)13-22(19(31)4)23(32)15-35-26-29-28-25(10-9-24(27)33)30(26)14-21-6-5-11-34-21/h7-8,12-13,21H,5-6,9-11,14-15H2,1-4H3,(H2,27,33)/t21-/m1/s1. The second-order valence-electron chi connectivity index (χ2n) is 9.21. The van der Waals surface area contributed by atoms with Crippen LogP contribution in [0, 0.1) is 27.7 Å². The second-order valence-corrected chi connectivity index (χ2v) is 10.2. The van der Waals surface area contributed by atoms with Gasteiger partial charge < -0.3 is 19.6 Å². The quantitative estimate of drug-likeness (QED) is 0.338. The van der Waals surface area contributed by atoms with Crippen molar-refractivity contribution >= 4 is 23.5 Å². The normalized spacial score (nSPS) is 15.6. The summed E-state index contributed by atoms with van der Waals surface area (Å²) >= 11 is 1.37. The Kier molecular flexibility index (Phi) is 7.76. The number of rotatable bonds is 10. The molecule has 2 aromatic heterocycles. The lowest BCUT2D eigenvalue weighted by Crippen LogP contribution is -2.19. The van der Waals surface area contributed by atoms with Gasteiger partial charge >= 0.3 is 0 Å². The lowest BCUT2D eigenvalue weighted by Gasteiger charge is -2.14. The first-order valence-corrected chi connectivity index (χ1v) is 13.0. The van der Waals surface area contributed by atoms with E-state index in [1.165, 1.54) is 22.9 Å². The van der Waals surface area contributed by atoms with Crippen LogP contribution in [-0.2, 0) is 22.5 Å². The Balaban J connectivity index is 1.52. The predicted octanol–water partition coefficient (Wildman–Crippen LogP) is 3.87. The third-order valence-corrected chi connectivity index (χ3v) is 7.58. The molecule has 8 nitrogen and oxygen atoms in total. The van der Waals surface area contributed by atoms with Gasteiger partial charge in [0.2, 0.25) is 5.91 Å². The van der Waals surface area contributed by atoms with Gasteiger partial charge in [0, 0.05) is 42.1 Å². The van der Waals surface area contributed by atoms with Crippen molar-refractivity contribution in [3.05, 3.63) is 58.2 Å². The summed E-state index contributed by atoms with van der Waals surface area (Å²) in [5.41, 5.74) is 11.5. The summed E-state index contributed by atoms with van der Waals surface area (Å²) in [5, 5.41) is 9.27. The molecular weight excluding hydrogens is 462 g/mol. The van der Waals surface area contributed by atoms with Crippen molar-refractivity contribution < 1.29 is 14.3 Å². The van der Waals surface area contributed by atoms with E-state index in [4.69, 9.17) is 10.5 Å². The summed E-state index contributed by atoms with van der Waals surface area (Å²) in [7, 11) is 0. The molecule has 1 amide bonds. The van der Waals surface area contributed by atoms with Gasteiger partial charge in [0.15, 0.2) is 10.9 Å². The fourth-order valence-corrected chi connectivity index (χ4v) is 5.39. The minimum Gasteiger partial charge on any atom is -0.376 e. The molecule has 0 aliphatic carbocycles. The van der Waals surface area contributed by atoms with Gasteiger partial charge in [-0.25, -0.2) is 0 Å². The molecule has 35 heavy (non-hydrogen) atoms. The van der Waals surface area contributed by atoms with Gasteiger partial charge in [0.1, 0.15) is 5.82 Å². The van der Waals surface area contributed by atoms with E-state index in [2.05, 4.69) is 46.8 Å². The fourth-order valence-electron chi connectivity index (χ4n) is 4.54. The van der Waals surface area contributed by atoms with Crippen molar-refractivity contribution in [3.8, 4) is 5.69 Å². The highest BCUT2D eigenvalue weighted by Gasteiger charge is 2.23. The van der Waals surface area contributed by atoms with E-state index in [-0.39, 0.29) is 30.0 Å². The number of ketones is 1. The molecule has 0 bridgehead atoms. The maximum absolute atomic E-state index is 13.3. The van der Waals surface area contributed by atoms with E-state index in [0.717, 1.165) is 36.5 Å². The number of benzene rings is 1. The van der Waals surface area contributed by atoms with Crippen molar-refractivity contribution in [2.75, 3.05) is 12.4 Å². The molecule has 0 saturated carbocycles. The van der Waals surface area contributed by atoms with Crippen LogP contribution >= 0.6 is 11.8 Å². The molecule has 0 spiro atoms. The lowest BCUT2D eigenvalue weighted by molar-refractivity contribution is -0.118. The van der Waals surface area contributed by atoms with E-state index in [1.54, 1.807) is 0 Å². The second kappa shape index (κ2) is 10.8. The molecule has 1 aliphatic heterocycles. The Morgan fingerprint density at radius 3 is 2.63 bits per heavy atom. The van der Waals surface area contributed by atoms with E-state index in [9.17, 15) is 9.59 Å². The Morgan fingerprint density at radius 1 is 1.14 bits per heavy atom. The van der Waals surface area contributed by atoms with Gasteiger partial charge in [-0.1, -0.05) is 17.8 Å². The number of thioether (sulfide) groups is 1. The third kappa shape index (κ3) is 5.67. The number of hydrogen-bond acceptors (Lipinski definition) is 6. The van der Waals surface area contributed by atoms with Crippen LogP contribution in [-0.4, -0.2) is 49.5 Å². The summed E-state index contributed by atoms with van der Waals surface area (Å²) in [5.74, 6) is 0.613. The molecule has 1 saturated heterocycles. The minimum absolute atomic E-state index is 0.0449. The lowest BCUT2D eigenvalue weighted by atomic mass is 10.1. The summed E-state index contributed by atoms with van der Waals surface area (Å²) in [6, 6.07) is 8.31. The number of Topliss-reactive ketones (excluding diaryl/α,β-unsaturated/α-hetero) is 1. The largest absolute Gasteiger partial charge is 0.376 e. The SMILES string of the molecule is Cc1ccc(-n2c(C)cc(C(=O)CSc3nnc(CCC(N)=O)n3C[C@H]3CCCO3)c2C)cc1C. The molecule has 1 aliphatic rings. The summed E-state index contributed by atoms with van der Waals surface area (Å²) < 4.78 is 9.91. The Morgan fingerprint density at radius 2 is 1.94 bits per heavy atom. The number of carbonyl (C=O) groups is 2. The maximum Gasteiger partial charge on any atom is 0.217 e. The van der Waals surface area contributed by atoms with Crippen molar-refractivity contribution in [2.24, 2.45) is 5.73 Å². The zero-order chi connectivity index (χ0) is 25.1. The molecule has 1 aromatic carbocycles. The highest BCUT2D eigenvalue weighted by atomic mass is 32.2. The number of nitrogens with zero attached hydrogens (tertiary/aromatic N) is 4. The summed E-state index contributed by atoms with van der Waals surface area (Å²) in [4.78, 5) is 24.6. The molecule has 4 rings (SSSR count). The molecule has 186 valence electrons. The molecule has 9 heteroatoms. The predicted molar refractivity (Wildman–Crippen MR) is 136 cm³/mol. The van der Waals surface area contributed by atoms with Gasteiger partial charge in [-0.3, -0.25) is 9.59 Å². The molecular formula is C26H33N5O3S. The fraction of sp³-hybridized carbons (Fsp3) is 0.462. The zero-order valence-corrected chi connectivity index (χ0v) is 21.7. The highest BCUT2D eigenvalue weighted by Crippen LogP contribution is 2.26. The first-order valence-electron chi connectivity index (χ1n) is 12.0. The Bertz CT molecular complexity index is 1240. The first-order chi connectivity index (χ1) is 16.7. The van der Waals surface area contributed by atoms with Crippen molar-refractivity contribution in [2.45, 2.75) is 71.2 Å². The molecule has 3 heterocycles. The number of primary amides is 1. The summed E-state index contributed by atoms with van der Waals surface area (Å²) in [6.07, 6.45) is 2.71. The van der Waals surface area contributed by atoms with Crippen LogP contribution in [0.5, 0.6) is 0 Å². The summed E-state index contributed by atoms with van der Waals surface area (Å²) in [6.45, 7) is 9.56. The minimum atomic E-state index is -0.375. The number of hydrogen-bond donors (Lipinski definition) is 1. The Hall–Kier alpha value is -2.91. The zero-order valence-electron chi connectivity index (χ0n) is 20.8. The average molecular weight is 496 g/mol. The number of nitrogens with two attached hydrogens (primary N) is 1. The van der Waals surface area contributed by atoms with E-state index in [1.807, 2.05) is 24.5 Å². The Labute approximate surface area is 210 Å². The van der Waals surface area contributed by atoms with E-state index >= 15 is 0 Å². The molecule has 1 fully saturated rings. The number of ether oxygens (including phenoxy) is 1. The van der Waals surface area contributed by atoms with Crippen LogP contribution in [0.4, 0.5) is 0 Å². The molecule has 2 N–H and O–H groups in total. The van der Waals surface area contributed by atoms with Gasteiger partial charge in [0.05, 0.1) is 18.4 Å². The van der Waals surface area contributed by atoms with Crippen LogP contribution in [0.15, 0.2) is 29.4 Å². The van der Waals surface area contributed by atoms with E-state index in [0.29, 0.717) is 29.5 Å². The van der Waals surface area contributed by atoms with Crippen LogP contribution in [0.2, 0.25) is 0 Å². The number of aryl methyl sites for hydroxylation is 4. The third-order valence-electron chi connectivity index (χ3n) is 6.61. The van der Waals surface area contributed by atoms with E-state index < -0.39 is 0 Å². The topological polar surface area (TPSA) is 105 Å². The monoisotopic (exact) mass is 495 g/mol. The van der Waals surface area contributed by atoms with Crippen LogP contribution in [0.1, 0.15) is 58.0 Å². The van der Waals surface area contributed by atoms with Crippen LogP contribution in [0.3, 0.4) is 0 Å². The van der Waals surface area contributed by atoms with Crippen LogP contribution in [0.25, 0.3) is 5.69 Å². The first kappa shape index (κ1) is 25.2. The maximum atomic E-state index is 13.3. The average Bonchev–Trinajstić information content (AvgIpc) is 3.53. The van der Waals surface area contributed by atoms with Gasteiger partial charge in [-0.05, 0) is 69.9 Å². The number of carbonyl (C=O) groups excluding carboxylic acids is 2. The molecule has 0 radical (unpaired) electrons. The molecule has 0 unspecified atom stereocenters. The van der Waals surface area contributed by atoms with Crippen molar-refractivity contribution in [3.63, 3.8) is 0 Å².